The van der Waals surface area contributed by atoms with E-state index in [1.165, 1.54) is 36.4 Å². The van der Waals surface area contributed by atoms with E-state index >= 15 is 0 Å². The van der Waals surface area contributed by atoms with Crippen molar-refractivity contribution < 1.29 is 27.2 Å². The van der Waals surface area contributed by atoms with Gasteiger partial charge >= 0.3 is 6.18 Å². The van der Waals surface area contributed by atoms with Crippen LogP contribution in [0.3, 0.4) is 0 Å². The summed E-state index contributed by atoms with van der Waals surface area (Å²) in [7, 11) is 0. The lowest BCUT2D eigenvalue weighted by atomic mass is 10.1. The maximum Gasteiger partial charge on any atom is 0.405 e. The van der Waals surface area contributed by atoms with E-state index < -0.39 is 30.4 Å². The van der Waals surface area contributed by atoms with Crippen molar-refractivity contribution in [1.82, 2.24) is 5.32 Å². The molecule has 2 rings (SSSR count). The van der Waals surface area contributed by atoms with Crippen molar-refractivity contribution >= 4 is 17.5 Å². The summed E-state index contributed by atoms with van der Waals surface area (Å²) in [5.74, 6) is -1.79. The summed E-state index contributed by atoms with van der Waals surface area (Å²) in [5, 5.41) is 4.26. The molecule has 2 amide bonds. The van der Waals surface area contributed by atoms with Gasteiger partial charge in [0.25, 0.3) is 5.91 Å². The van der Waals surface area contributed by atoms with E-state index in [4.69, 9.17) is 0 Å². The maximum atomic E-state index is 13.1. The van der Waals surface area contributed by atoms with Crippen LogP contribution in [0, 0.1) is 5.82 Å². The fourth-order valence-electron chi connectivity index (χ4n) is 2.23. The average molecular weight is 368 g/mol. The second kappa shape index (κ2) is 8.46. The number of alkyl halides is 3. The lowest BCUT2D eigenvalue weighted by Gasteiger charge is -2.12. The molecule has 2 N–H and O–H groups in total. The number of hydrogen-bond acceptors (Lipinski definition) is 2. The van der Waals surface area contributed by atoms with Crippen molar-refractivity contribution in [2.45, 2.75) is 19.0 Å². The molecule has 0 fully saturated rings. The third kappa shape index (κ3) is 6.19. The van der Waals surface area contributed by atoms with E-state index in [1.54, 1.807) is 17.4 Å². The van der Waals surface area contributed by atoms with Crippen molar-refractivity contribution in [1.29, 1.82) is 0 Å². The molecule has 8 heteroatoms. The fraction of sp³-hybridized carbons (Fsp3) is 0.222. The number of hydrogen-bond donors (Lipinski definition) is 2. The molecule has 2 aromatic carbocycles. The zero-order chi connectivity index (χ0) is 19.2. The fourth-order valence-corrected chi connectivity index (χ4v) is 2.23. The largest absolute Gasteiger partial charge is 0.405 e. The van der Waals surface area contributed by atoms with Gasteiger partial charge in [0.2, 0.25) is 5.91 Å². The molecule has 0 atom stereocenters. The number of rotatable bonds is 6. The first-order chi connectivity index (χ1) is 12.2. The van der Waals surface area contributed by atoms with Gasteiger partial charge in [-0.25, -0.2) is 4.39 Å². The van der Waals surface area contributed by atoms with E-state index in [9.17, 15) is 27.2 Å². The number of carbonyl (C=O) groups excluding carboxylic acids is 2. The summed E-state index contributed by atoms with van der Waals surface area (Å²) in [6.07, 6.45) is -4.22. The number of carbonyl (C=O) groups is 2. The quantitative estimate of drug-likeness (QED) is 0.764. The second-order valence-corrected chi connectivity index (χ2v) is 5.52. The highest BCUT2D eigenvalue weighted by molar-refractivity contribution is 6.03. The number of benzene rings is 2. The molecule has 0 aliphatic rings. The highest BCUT2D eigenvalue weighted by Crippen LogP contribution is 2.17. The van der Waals surface area contributed by atoms with Crippen molar-refractivity contribution in [3.05, 3.63) is 65.5 Å². The second-order valence-electron chi connectivity index (χ2n) is 5.52. The molecule has 0 saturated carbocycles. The zero-order valence-corrected chi connectivity index (χ0v) is 13.6. The Bertz CT molecular complexity index is 791. The molecule has 4 nitrogen and oxygen atoms in total. The van der Waals surface area contributed by atoms with Gasteiger partial charge in [-0.3, -0.25) is 9.59 Å². The summed E-state index contributed by atoms with van der Waals surface area (Å²) in [6.45, 7) is -1.46. The van der Waals surface area contributed by atoms with Crippen LogP contribution < -0.4 is 10.6 Å². The molecule has 0 unspecified atom stereocenters. The maximum absolute atomic E-state index is 13.1. The van der Waals surface area contributed by atoms with Crippen molar-refractivity contribution in [3.63, 3.8) is 0 Å². The number of amides is 2. The van der Waals surface area contributed by atoms with Gasteiger partial charge in [-0.2, -0.15) is 13.2 Å². The van der Waals surface area contributed by atoms with E-state index in [1.807, 2.05) is 0 Å². The van der Waals surface area contributed by atoms with Gasteiger partial charge in [0.15, 0.2) is 0 Å². The number of aryl methyl sites for hydroxylation is 1. The van der Waals surface area contributed by atoms with Crippen LogP contribution in [-0.2, 0) is 11.2 Å². The monoisotopic (exact) mass is 368 g/mol. The minimum Gasteiger partial charge on any atom is -0.343 e. The molecule has 0 bridgehead atoms. The molecule has 0 spiro atoms. The molecule has 0 heterocycles. The van der Waals surface area contributed by atoms with Gasteiger partial charge in [0.1, 0.15) is 12.4 Å². The first kappa shape index (κ1) is 19.4. The van der Waals surface area contributed by atoms with E-state index in [2.05, 4.69) is 5.32 Å². The third-order valence-electron chi connectivity index (χ3n) is 3.42. The topological polar surface area (TPSA) is 58.2 Å². The molecule has 2 aromatic rings. The molecular formula is C18H16F4N2O2. The highest BCUT2D eigenvalue weighted by atomic mass is 19.4. The Morgan fingerprint density at radius 1 is 1.00 bits per heavy atom. The minimum absolute atomic E-state index is 0.0297. The standard InChI is InChI=1S/C18H16F4N2O2/c19-13-5-3-4-12(10-13)8-9-16(25)24-15-7-2-1-6-14(15)17(26)23-11-18(20,21)22/h1-7,10H,8-9,11H2,(H,23,26)(H,24,25). The lowest BCUT2D eigenvalue weighted by Crippen LogP contribution is -2.34. The Morgan fingerprint density at radius 3 is 2.42 bits per heavy atom. The molecule has 0 aliphatic heterocycles. The van der Waals surface area contributed by atoms with Crippen LogP contribution in [0.4, 0.5) is 23.2 Å². The van der Waals surface area contributed by atoms with Gasteiger partial charge in [-0.15, -0.1) is 0 Å². The van der Waals surface area contributed by atoms with Crippen LogP contribution in [0.2, 0.25) is 0 Å². The normalized spacial score (nSPS) is 11.1. The van der Waals surface area contributed by atoms with Crippen LogP contribution in [0.25, 0.3) is 0 Å². The summed E-state index contributed by atoms with van der Waals surface area (Å²) in [4.78, 5) is 24.0. The van der Waals surface area contributed by atoms with Crippen molar-refractivity contribution in [2.24, 2.45) is 0 Å². The molecule has 0 aromatic heterocycles. The smallest absolute Gasteiger partial charge is 0.343 e. The van der Waals surface area contributed by atoms with E-state index in [0.717, 1.165) is 0 Å². The Kier molecular flexibility index (Phi) is 6.32. The van der Waals surface area contributed by atoms with Gasteiger partial charge in [0.05, 0.1) is 11.3 Å². The summed E-state index contributed by atoms with van der Waals surface area (Å²) in [6, 6.07) is 11.6. The van der Waals surface area contributed by atoms with Crippen LogP contribution in [0.15, 0.2) is 48.5 Å². The predicted octanol–water partition coefficient (Wildman–Crippen LogP) is 3.69. The first-order valence-corrected chi connectivity index (χ1v) is 7.73. The Balaban J connectivity index is 1.98. The average Bonchev–Trinajstić information content (AvgIpc) is 2.58. The minimum atomic E-state index is -4.53. The number of para-hydroxylation sites is 1. The molecule has 138 valence electrons. The lowest BCUT2D eigenvalue weighted by molar-refractivity contribution is -0.123. The molecular weight excluding hydrogens is 352 g/mol. The van der Waals surface area contributed by atoms with Crippen molar-refractivity contribution in [2.75, 3.05) is 11.9 Å². The van der Waals surface area contributed by atoms with Crippen LogP contribution >= 0.6 is 0 Å². The predicted molar refractivity (Wildman–Crippen MR) is 88.2 cm³/mol. The summed E-state index contributed by atoms with van der Waals surface area (Å²) in [5.41, 5.74) is 0.670. The van der Waals surface area contributed by atoms with Gasteiger partial charge in [-0.05, 0) is 36.2 Å². The van der Waals surface area contributed by atoms with Crippen molar-refractivity contribution in [3.8, 4) is 0 Å². The van der Waals surface area contributed by atoms with Gasteiger partial charge in [0, 0.05) is 6.42 Å². The van der Waals surface area contributed by atoms with Crippen LogP contribution in [0.1, 0.15) is 22.3 Å². The Morgan fingerprint density at radius 2 is 1.73 bits per heavy atom. The Hall–Kier alpha value is -2.90. The third-order valence-corrected chi connectivity index (χ3v) is 3.42. The van der Waals surface area contributed by atoms with Gasteiger partial charge < -0.3 is 10.6 Å². The number of halogens is 4. The van der Waals surface area contributed by atoms with E-state index in [-0.39, 0.29) is 24.1 Å². The zero-order valence-electron chi connectivity index (χ0n) is 13.6. The molecule has 0 aliphatic carbocycles. The van der Waals surface area contributed by atoms with E-state index in [0.29, 0.717) is 5.56 Å². The Labute approximate surface area is 147 Å². The molecule has 26 heavy (non-hydrogen) atoms. The SMILES string of the molecule is O=C(CCc1cccc(F)c1)Nc1ccccc1C(=O)NCC(F)(F)F. The number of nitrogens with one attached hydrogen (secondary N) is 2. The van der Waals surface area contributed by atoms with Gasteiger partial charge in [-0.1, -0.05) is 24.3 Å². The summed E-state index contributed by atoms with van der Waals surface area (Å²) < 4.78 is 49.8. The molecule has 0 saturated heterocycles. The van der Waals surface area contributed by atoms with Crippen LogP contribution in [-0.4, -0.2) is 24.5 Å². The highest BCUT2D eigenvalue weighted by Gasteiger charge is 2.28. The first-order valence-electron chi connectivity index (χ1n) is 7.73. The number of anilines is 1. The van der Waals surface area contributed by atoms with Crippen LogP contribution in [0.5, 0.6) is 0 Å². The molecule has 0 radical (unpaired) electrons. The summed E-state index contributed by atoms with van der Waals surface area (Å²) >= 11 is 0.